The number of nitrogens with zero attached hydrogens (tertiary/aromatic N) is 6. The summed E-state index contributed by atoms with van der Waals surface area (Å²) in [6, 6.07) is 8.26. The lowest BCUT2D eigenvalue weighted by molar-refractivity contribution is -0.384. The minimum Gasteiger partial charge on any atom is -0.275 e. The Morgan fingerprint density at radius 2 is 2.00 bits per heavy atom. The number of nitro benzene ring substituents is 1. The van der Waals surface area contributed by atoms with Crippen molar-refractivity contribution in [1.29, 1.82) is 0 Å². The van der Waals surface area contributed by atoms with Crippen molar-refractivity contribution in [3.8, 4) is 22.5 Å². The molecular formula is C16H12N6O2. The predicted octanol–water partition coefficient (Wildman–Crippen LogP) is 2.71. The fourth-order valence-corrected chi connectivity index (χ4v) is 2.60. The predicted molar refractivity (Wildman–Crippen MR) is 87.3 cm³/mol. The molecular weight excluding hydrogens is 308 g/mol. The lowest BCUT2D eigenvalue weighted by Crippen LogP contribution is -1.97. The second kappa shape index (κ2) is 5.27. The fraction of sp³-hybridized carbons (Fsp3) is 0.0625. The second-order valence-electron chi connectivity index (χ2n) is 5.35. The van der Waals surface area contributed by atoms with Crippen LogP contribution in [0.3, 0.4) is 0 Å². The van der Waals surface area contributed by atoms with E-state index in [0.29, 0.717) is 17.0 Å². The van der Waals surface area contributed by atoms with Gasteiger partial charge in [0.05, 0.1) is 40.4 Å². The molecule has 1 aromatic carbocycles. The van der Waals surface area contributed by atoms with Crippen molar-refractivity contribution in [2.24, 2.45) is 7.05 Å². The molecule has 0 aliphatic rings. The van der Waals surface area contributed by atoms with Crippen LogP contribution in [0.5, 0.6) is 0 Å². The first-order valence-electron chi connectivity index (χ1n) is 7.20. The third-order valence-corrected chi connectivity index (χ3v) is 3.72. The molecule has 0 amide bonds. The smallest absolute Gasteiger partial charge is 0.270 e. The van der Waals surface area contributed by atoms with Crippen molar-refractivity contribution in [3.63, 3.8) is 0 Å². The van der Waals surface area contributed by atoms with E-state index in [-0.39, 0.29) is 5.69 Å². The number of hydrogen-bond donors (Lipinski definition) is 0. The number of non-ortho nitro benzene ring substituents is 1. The van der Waals surface area contributed by atoms with Crippen LogP contribution in [0.15, 0.2) is 55.1 Å². The standard InChI is InChI=1S/C16H12N6O2/c1-20-9-12(8-18-20)14-10-21-15(5-6-17-21)16(19-14)11-3-2-4-13(7-11)22(23)24/h2-10H,1H3. The highest BCUT2D eigenvalue weighted by Gasteiger charge is 2.14. The first kappa shape index (κ1) is 14.1. The molecule has 118 valence electrons. The molecule has 8 heteroatoms. The molecule has 0 spiro atoms. The zero-order valence-corrected chi connectivity index (χ0v) is 12.7. The van der Waals surface area contributed by atoms with Gasteiger partial charge < -0.3 is 0 Å². The van der Waals surface area contributed by atoms with Crippen molar-refractivity contribution in [1.82, 2.24) is 24.4 Å². The Morgan fingerprint density at radius 3 is 2.75 bits per heavy atom. The maximum atomic E-state index is 11.0. The summed E-state index contributed by atoms with van der Waals surface area (Å²) in [6.07, 6.45) is 7.06. The molecule has 3 heterocycles. The van der Waals surface area contributed by atoms with Gasteiger partial charge in [0.15, 0.2) is 0 Å². The van der Waals surface area contributed by atoms with E-state index in [4.69, 9.17) is 4.98 Å². The van der Waals surface area contributed by atoms with Crippen LogP contribution in [0.25, 0.3) is 28.0 Å². The number of aryl methyl sites for hydroxylation is 1. The Labute approximate surface area is 136 Å². The largest absolute Gasteiger partial charge is 0.275 e. The number of rotatable bonds is 3. The van der Waals surface area contributed by atoms with E-state index >= 15 is 0 Å². The van der Waals surface area contributed by atoms with Crippen LogP contribution in [-0.2, 0) is 7.05 Å². The summed E-state index contributed by atoms with van der Waals surface area (Å²) in [5, 5.41) is 19.5. The Balaban J connectivity index is 1.95. The highest BCUT2D eigenvalue weighted by Crippen LogP contribution is 2.28. The van der Waals surface area contributed by atoms with E-state index in [1.54, 1.807) is 33.7 Å². The molecule has 0 atom stereocenters. The lowest BCUT2D eigenvalue weighted by atomic mass is 10.1. The van der Waals surface area contributed by atoms with E-state index in [1.807, 2.05) is 25.5 Å². The zero-order chi connectivity index (χ0) is 16.7. The molecule has 0 aliphatic heterocycles. The fourth-order valence-electron chi connectivity index (χ4n) is 2.60. The quantitative estimate of drug-likeness (QED) is 0.427. The minimum absolute atomic E-state index is 0.0266. The van der Waals surface area contributed by atoms with Crippen LogP contribution >= 0.6 is 0 Å². The SMILES string of the molecule is Cn1cc(-c2cn3nccc3c(-c3cccc([N+](=O)[O-])c3)n2)cn1. The van der Waals surface area contributed by atoms with Crippen molar-refractivity contribution in [2.45, 2.75) is 0 Å². The molecule has 0 saturated heterocycles. The highest BCUT2D eigenvalue weighted by atomic mass is 16.6. The van der Waals surface area contributed by atoms with Crippen LogP contribution in [0.4, 0.5) is 5.69 Å². The van der Waals surface area contributed by atoms with Crippen LogP contribution in [0.1, 0.15) is 0 Å². The van der Waals surface area contributed by atoms with Gasteiger partial charge in [-0.1, -0.05) is 12.1 Å². The van der Waals surface area contributed by atoms with Gasteiger partial charge in [0, 0.05) is 36.5 Å². The van der Waals surface area contributed by atoms with Crippen molar-refractivity contribution < 1.29 is 4.92 Å². The highest BCUT2D eigenvalue weighted by molar-refractivity contribution is 5.79. The van der Waals surface area contributed by atoms with Crippen molar-refractivity contribution >= 4 is 11.2 Å². The van der Waals surface area contributed by atoms with Crippen LogP contribution in [0, 0.1) is 10.1 Å². The summed E-state index contributed by atoms with van der Waals surface area (Å²) in [5.74, 6) is 0. The van der Waals surface area contributed by atoms with Gasteiger partial charge in [-0.15, -0.1) is 0 Å². The number of nitro groups is 1. The second-order valence-corrected chi connectivity index (χ2v) is 5.35. The van der Waals surface area contributed by atoms with Gasteiger partial charge in [0.25, 0.3) is 5.69 Å². The molecule has 4 aromatic rings. The third kappa shape index (κ3) is 2.30. The van der Waals surface area contributed by atoms with Gasteiger partial charge in [0.1, 0.15) is 0 Å². The van der Waals surface area contributed by atoms with Gasteiger partial charge in [0.2, 0.25) is 0 Å². The summed E-state index contributed by atoms with van der Waals surface area (Å²) in [4.78, 5) is 15.3. The van der Waals surface area contributed by atoms with Crippen molar-refractivity contribution in [3.05, 3.63) is 65.2 Å². The summed E-state index contributed by atoms with van der Waals surface area (Å²) in [6.45, 7) is 0. The molecule has 8 nitrogen and oxygen atoms in total. The van der Waals surface area contributed by atoms with Gasteiger partial charge in [-0.05, 0) is 6.07 Å². The molecule has 0 N–H and O–H groups in total. The molecule has 0 aliphatic carbocycles. The summed E-state index contributed by atoms with van der Waals surface area (Å²) in [5.41, 5.74) is 3.65. The molecule has 0 fully saturated rings. The molecule has 0 saturated carbocycles. The third-order valence-electron chi connectivity index (χ3n) is 3.72. The molecule has 0 radical (unpaired) electrons. The van der Waals surface area contributed by atoms with E-state index in [0.717, 1.165) is 11.1 Å². The average Bonchev–Trinajstić information content (AvgIpc) is 3.22. The Bertz CT molecular complexity index is 1070. The maximum Gasteiger partial charge on any atom is 0.270 e. The normalized spacial score (nSPS) is 11.0. The minimum atomic E-state index is -0.415. The van der Waals surface area contributed by atoms with Crippen LogP contribution in [-0.4, -0.2) is 29.3 Å². The monoisotopic (exact) mass is 320 g/mol. The molecule has 0 unspecified atom stereocenters. The van der Waals surface area contributed by atoms with E-state index in [9.17, 15) is 10.1 Å². The molecule has 0 bridgehead atoms. The number of aromatic nitrogens is 5. The summed E-state index contributed by atoms with van der Waals surface area (Å²) < 4.78 is 3.40. The molecule has 3 aromatic heterocycles. The number of fused-ring (bicyclic) bond motifs is 1. The first-order chi connectivity index (χ1) is 11.6. The maximum absolute atomic E-state index is 11.0. The van der Waals surface area contributed by atoms with E-state index in [2.05, 4.69) is 10.2 Å². The Hall–Kier alpha value is -3.55. The number of hydrogen-bond acceptors (Lipinski definition) is 5. The Kier molecular flexibility index (Phi) is 3.09. The van der Waals surface area contributed by atoms with Gasteiger partial charge in [-0.25, -0.2) is 9.50 Å². The van der Waals surface area contributed by atoms with E-state index < -0.39 is 4.92 Å². The summed E-state index contributed by atoms with van der Waals surface area (Å²) >= 11 is 0. The van der Waals surface area contributed by atoms with Crippen LogP contribution in [0.2, 0.25) is 0 Å². The lowest BCUT2D eigenvalue weighted by Gasteiger charge is -2.07. The van der Waals surface area contributed by atoms with Crippen molar-refractivity contribution in [2.75, 3.05) is 0 Å². The van der Waals surface area contributed by atoms with Gasteiger partial charge in [-0.2, -0.15) is 10.2 Å². The van der Waals surface area contributed by atoms with E-state index in [1.165, 1.54) is 12.1 Å². The zero-order valence-electron chi connectivity index (χ0n) is 12.7. The first-order valence-corrected chi connectivity index (χ1v) is 7.20. The van der Waals surface area contributed by atoms with Gasteiger partial charge in [-0.3, -0.25) is 14.8 Å². The topological polar surface area (TPSA) is 91.2 Å². The average molecular weight is 320 g/mol. The Morgan fingerprint density at radius 1 is 1.12 bits per heavy atom. The number of benzene rings is 1. The molecule has 24 heavy (non-hydrogen) atoms. The molecule has 4 rings (SSSR count). The summed E-state index contributed by atoms with van der Waals surface area (Å²) in [7, 11) is 1.83. The van der Waals surface area contributed by atoms with Gasteiger partial charge >= 0.3 is 0 Å². The van der Waals surface area contributed by atoms with Crippen LogP contribution < -0.4 is 0 Å².